The van der Waals surface area contributed by atoms with Crippen LogP contribution >= 0.6 is 0 Å². The molecule has 23 heavy (non-hydrogen) atoms. The quantitative estimate of drug-likeness (QED) is 0.758. The van der Waals surface area contributed by atoms with Gasteiger partial charge in [0.2, 0.25) is 0 Å². The number of hydrogen-bond donors (Lipinski definition) is 1. The first-order valence-corrected chi connectivity index (χ1v) is 7.37. The zero-order valence-corrected chi connectivity index (χ0v) is 13.5. The number of methoxy groups -OCH3 is 2. The zero-order valence-electron chi connectivity index (χ0n) is 13.5. The van der Waals surface area contributed by atoms with Gasteiger partial charge in [-0.15, -0.1) is 0 Å². The van der Waals surface area contributed by atoms with Gasteiger partial charge in [-0.1, -0.05) is 12.1 Å². The Morgan fingerprint density at radius 1 is 1.00 bits per heavy atom. The molecule has 6 heteroatoms. The second-order valence-corrected chi connectivity index (χ2v) is 5.49. The van der Waals surface area contributed by atoms with Crippen molar-refractivity contribution in [2.24, 2.45) is 0 Å². The molecule has 0 amide bonds. The van der Waals surface area contributed by atoms with Crippen molar-refractivity contribution in [2.45, 2.75) is 13.1 Å². The maximum absolute atomic E-state index is 5.38. The third kappa shape index (κ3) is 3.43. The van der Waals surface area contributed by atoms with Crippen molar-refractivity contribution in [1.82, 2.24) is 20.1 Å². The van der Waals surface area contributed by atoms with Crippen LogP contribution in [0.25, 0.3) is 10.8 Å². The molecule has 0 aliphatic rings. The fourth-order valence-corrected chi connectivity index (χ4v) is 2.65. The Balaban J connectivity index is 1.81. The molecule has 0 aliphatic heterocycles. The molecule has 3 aromatic rings. The van der Waals surface area contributed by atoms with Crippen molar-refractivity contribution < 1.29 is 9.47 Å². The van der Waals surface area contributed by atoms with Crippen LogP contribution < -0.4 is 9.47 Å². The van der Waals surface area contributed by atoms with Crippen molar-refractivity contribution in [1.29, 1.82) is 0 Å². The second-order valence-electron chi connectivity index (χ2n) is 5.49. The normalized spacial score (nSPS) is 11.1. The van der Waals surface area contributed by atoms with E-state index in [2.05, 4.69) is 45.3 Å². The van der Waals surface area contributed by atoms with Crippen molar-refractivity contribution in [3.63, 3.8) is 0 Å². The number of nitrogens with one attached hydrogen (secondary N) is 1. The highest BCUT2D eigenvalue weighted by Gasteiger charge is 2.08. The lowest BCUT2D eigenvalue weighted by atomic mass is 10.1. The van der Waals surface area contributed by atoms with Crippen molar-refractivity contribution in [2.75, 3.05) is 21.3 Å². The minimum absolute atomic E-state index is 0.726. The highest BCUT2D eigenvalue weighted by atomic mass is 16.5. The molecule has 0 aliphatic carbocycles. The summed E-state index contributed by atoms with van der Waals surface area (Å²) in [6, 6.07) is 10.4. The highest BCUT2D eigenvalue weighted by molar-refractivity contribution is 5.86. The van der Waals surface area contributed by atoms with Gasteiger partial charge in [-0.25, -0.2) is 4.98 Å². The predicted molar refractivity (Wildman–Crippen MR) is 88.6 cm³/mol. The molecule has 0 saturated carbocycles. The summed E-state index contributed by atoms with van der Waals surface area (Å²) in [5, 5.41) is 9.01. The van der Waals surface area contributed by atoms with Crippen molar-refractivity contribution in [3.05, 3.63) is 48.0 Å². The standard InChI is InChI=1S/C17H20N4O2/c1-21(10-17-18-11-19-20-17)9-12-4-5-13-7-15(22-2)16(23-3)8-14(13)6-12/h4-8,11H,9-10H2,1-3H3,(H,18,19,20). The molecule has 0 fully saturated rings. The van der Waals surface area contributed by atoms with E-state index in [0.717, 1.165) is 41.2 Å². The number of H-pyrrole nitrogens is 1. The minimum atomic E-state index is 0.726. The lowest BCUT2D eigenvalue weighted by Gasteiger charge is -2.16. The summed E-state index contributed by atoms with van der Waals surface area (Å²) in [5.41, 5.74) is 1.23. The van der Waals surface area contributed by atoms with Gasteiger partial charge >= 0.3 is 0 Å². The summed E-state index contributed by atoms with van der Waals surface area (Å²) in [4.78, 5) is 6.33. The Labute approximate surface area is 135 Å². The van der Waals surface area contributed by atoms with Gasteiger partial charge in [0.1, 0.15) is 12.2 Å². The van der Waals surface area contributed by atoms with E-state index in [1.807, 2.05) is 12.1 Å². The Morgan fingerprint density at radius 2 is 1.74 bits per heavy atom. The van der Waals surface area contributed by atoms with E-state index in [4.69, 9.17) is 9.47 Å². The van der Waals surface area contributed by atoms with Crippen LogP contribution in [0.4, 0.5) is 0 Å². The Hall–Kier alpha value is -2.60. The summed E-state index contributed by atoms with van der Waals surface area (Å²) in [6.45, 7) is 1.55. The van der Waals surface area contributed by atoms with E-state index in [1.165, 1.54) is 11.9 Å². The van der Waals surface area contributed by atoms with Crippen LogP contribution in [0.5, 0.6) is 11.5 Å². The number of benzene rings is 2. The van der Waals surface area contributed by atoms with E-state index in [-0.39, 0.29) is 0 Å². The summed E-state index contributed by atoms with van der Waals surface area (Å²) < 4.78 is 10.7. The summed E-state index contributed by atoms with van der Waals surface area (Å²) >= 11 is 0. The molecule has 0 atom stereocenters. The SMILES string of the molecule is COc1cc2ccc(CN(C)Cc3ncn[nH]3)cc2cc1OC. The topological polar surface area (TPSA) is 63.3 Å². The van der Waals surface area contributed by atoms with E-state index in [1.54, 1.807) is 14.2 Å². The third-order valence-corrected chi connectivity index (χ3v) is 3.74. The van der Waals surface area contributed by atoms with Crippen molar-refractivity contribution in [3.8, 4) is 11.5 Å². The summed E-state index contributed by atoms with van der Waals surface area (Å²) in [7, 11) is 5.36. The molecule has 1 heterocycles. The second kappa shape index (κ2) is 6.66. The number of ether oxygens (including phenoxy) is 2. The number of fused-ring (bicyclic) bond motifs is 1. The summed E-state index contributed by atoms with van der Waals surface area (Å²) in [6.07, 6.45) is 1.53. The van der Waals surface area contributed by atoms with Crippen LogP contribution in [-0.2, 0) is 13.1 Å². The van der Waals surface area contributed by atoms with Crippen LogP contribution in [-0.4, -0.2) is 41.3 Å². The molecular weight excluding hydrogens is 292 g/mol. The van der Waals surface area contributed by atoms with Gasteiger partial charge in [0.05, 0.1) is 20.8 Å². The van der Waals surface area contributed by atoms with Crippen molar-refractivity contribution >= 4 is 10.8 Å². The molecule has 0 saturated heterocycles. The number of aromatic nitrogens is 3. The van der Waals surface area contributed by atoms with Gasteiger partial charge in [0, 0.05) is 6.54 Å². The number of nitrogens with zero attached hydrogens (tertiary/aromatic N) is 3. The molecule has 6 nitrogen and oxygen atoms in total. The molecule has 3 rings (SSSR count). The van der Waals surface area contributed by atoms with Crippen LogP contribution in [0.15, 0.2) is 36.7 Å². The van der Waals surface area contributed by atoms with Crippen LogP contribution in [0.3, 0.4) is 0 Å². The molecule has 0 spiro atoms. The van der Waals surface area contributed by atoms with Gasteiger partial charge < -0.3 is 9.47 Å². The van der Waals surface area contributed by atoms with Gasteiger partial charge in [0.15, 0.2) is 11.5 Å². The monoisotopic (exact) mass is 312 g/mol. The third-order valence-electron chi connectivity index (χ3n) is 3.74. The van der Waals surface area contributed by atoms with Crippen LogP contribution in [0.2, 0.25) is 0 Å². The lowest BCUT2D eigenvalue weighted by molar-refractivity contribution is 0.311. The maximum Gasteiger partial charge on any atom is 0.161 e. The van der Waals surface area contributed by atoms with Crippen LogP contribution in [0.1, 0.15) is 11.4 Å². The number of hydrogen-bond acceptors (Lipinski definition) is 5. The average Bonchev–Trinajstić information content (AvgIpc) is 3.06. The minimum Gasteiger partial charge on any atom is -0.493 e. The highest BCUT2D eigenvalue weighted by Crippen LogP contribution is 2.32. The fourth-order valence-electron chi connectivity index (χ4n) is 2.65. The van der Waals surface area contributed by atoms with E-state index in [0.29, 0.717) is 0 Å². The van der Waals surface area contributed by atoms with Gasteiger partial charge in [0.25, 0.3) is 0 Å². The lowest BCUT2D eigenvalue weighted by Crippen LogP contribution is -2.18. The van der Waals surface area contributed by atoms with E-state index < -0.39 is 0 Å². The van der Waals surface area contributed by atoms with Gasteiger partial charge in [-0.3, -0.25) is 10.00 Å². The van der Waals surface area contributed by atoms with Gasteiger partial charge in [-0.05, 0) is 41.6 Å². The predicted octanol–water partition coefficient (Wildman–Crippen LogP) is 2.61. The largest absolute Gasteiger partial charge is 0.493 e. The Morgan fingerprint density at radius 3 is 2.39 bits per heavy atom. The molecular formula is C17H20N4O2. The van der Waals surface area contributed by atoms with Crippen LogP contribution in [0, 0.1) is 0 Å². The Kier molecular flexibility index (Phi) is 4.43. The molecule has 0 radical (unpaired) electrons. The fraction of sp³-hybridized carbons (Fsp3) is 0.294. The molecule has 1 aromatic heterocycles. The smallest absolute Gasteiger partial charge is 0.161 e. The molecule has 2 aromatic carbocycles. The number of rotatable bonds is 6. The van der Waals surface area contributed by atoms with E-state index >= 15 is 0 Å². The first kappa shape index (κ1) is 15.3. The number of aromatic amines is 1. The first-order chi connectivity index (χ1) is 11.2. The summed E-state index contributed by atoms with van der Waals surface area (Å²) in [5.74, 6) is 2.35. The molecule has 0 unspecified atom stereocenters. The van der Waals surface area contributed by atoms with E-state index in [9.17, 15) is 0 Å². The zero-order chi connectivity index (χ0) is 16.2. The van der Waals surface area contributed by atoms with Gasteiger partial charge in [-0.2, -0.15) is 5.10 Å². The molecule has 0 bridgehead atoms. The average molecular weight is 312 g/mol. The molecule has 1 N–H and O–H groups in total. The Bertz CT molecular complexity index is 787. The molecule has 120 valence electrons. The maximum atomic E-state index is 5.38. The first-order valence-electron chi connectivity index (χ1n) is 7.37.